The maximum atomic E-state index is 11.6. The summed E-state index contributed by atoms with van der Waals surface area (Å²) in [7, 11) is 0. The Kier molecular flexibility index (Phi) is 4.89. The number of non-ortho nitro benzene ring substituents is 2. The molecule has 0 bridgehead atoms. The molecule has 0 saturated heterocycles. The maximum Gasteiger partial charge on any atom is 0.277 e. The molecule has 0 heterocycles. The lowest BCUT2D eigenvalue weighted by atomic mass is 10.1. The van der Waals surface area contributed by atoms with Gasteiger partial charge in [0.1, 0.15) is 0 Å². The molecule has 2 N–H and O–H groups in total. The first-order valence-corrected chi connectivity index (χ1v) is 5.28. The lowest BCUT2D eigenvalue weighted by molar-refractivity contribution is -0.394. The van der Waals surface area contributed by atoms with E-state index in [2.05, 4.69) is 5.32 Å². The topological polar surface area (TPSA) is 136 Å². The minimum atomic E-state index is -0.808. The zero-order valence-electron chi connectivity index (χ0n) is 9.74. The van der Waals surface area contributed by atoms with Crippen LogP contribution >= 0.6 is 0 Å². The van der Waals surface area contributed by atoms with Gasteiger partial charge in [-0.25, -0.2) is 0 Å². The zero-order valence-corrected chi connectivity index (χ0v) is 9.74. The Morgan fingerprint density at radius 1 is 1.16 bits per heavy atom. The van der Waals surface area contributed by atoms with Crippen molar-refractivity contribution in [2.24, 2.45) is 0 Å². The number of benzene rings is 1. The van der Waals surface area contributed by atoms with Crippen molar-refractivity contribution in [1.82, 2.24) is 5.32 Å². The number of nitrogens with one attached hydrogen (secondary N) is 1. The number of hydrogen-bond acceptors (Lipinski definition) is 6. The molecular formula is C10H11N3O6. The van der Waals surface area contributed by atoms with E-state index in [1.165, 1.54) is 0 Å². The van der Waals surface area contributed by atoms with Crippen molar-refractivity contribution in [3.8, 4) is 0 Å². The number of aliphatic hydroxyl groups is 1. The van der Waals surface area contributed by atoms with Gasteiger partial charge >= 0.3 is 0 Å². The van der Waals surface area contributed by atoms with E-state index in [-0.39, 0.29) is 18.7 Å². The van der Waals surface area contributed by atoms with Gasteiger partial charge in [0.2, 0.25) is 0 Å². The van der Waals surface area contributed by atoms with Gasteiger partial charge in [0.25, 0.3) is 17.3 Å². The average molecular weight is 269 g/mol. The molecule has 0 aromatic heterocycles. The van der Waals surface area contributed by atoms with Crippen molar-refractivity contribution in [2.75, 3.05) is 13.2 Å². The molecule has 0 aliphatic carbocycles. The Bertz CT molecular complexity index is 484. The molecule has 9 heteroatoms. The van der Waals surface area contributed by atoms with Crippen molar-refractivity contribution in [3.05, 3.63) is 44.0 Å². The van der Waals surface area contributed by atoms with Gasteiger partial charge in [0.05, 0.1) is 21.5 Å². The average Bonchev–Trinajstić information content (AvgIpc) is 2.38. The third kappa shape index (κ3) is 4.00. The van der Waals surface area contributed by atoms with Gasteiger partial charge in [0, 0.05) is 25.3 Å². The Hall–Kier alpha value is -2.55. The van der Waals surface area contributed by atoms with E-state index in [9.17, 15) is 25.0 Å². The third-order valence-electron chi connectivity index (χ3n) is 2.21. The Labute approximate surface area is 107 Å². The zero-order chi connectivity index (χ0) is 14.4. The molecule has 0 radical (unpaired) electrons. The molecule has 1 aromatic rings. The molecule has 9 nitrogen and oxygen atoms in total. The second kappa shape index (κ2) is 6.40. The normalized spacial score (nSPS) is 9.95. The van der Waals surface area contributed by atoms with Crippen LogP contribution < -0.4 is 5.32 Å². The highest BCUT2D eigenvalue weighted by Gasteiger charge is 2.19. The number of carbonyl (C=O) groups excluding carboxylic acids is 1. The summed E-state index contributed by atoms with van der Waals surface area (Å²) in [6.45, 7) is 0.0567. The molecule has 1 aromatic carbocycles. The van der Waals surface area contributed by atoms with Crippen LogP contribution in [0.2, 0.25) is 0 Å². The number of amides is 1. The van der Waals surface area contributed by atoms with Crippen molar-refractivity contribution >= 4 is 17.3 Å². The van der Waals surface area contributed by atoms with E-state index in [1.807, 2.05) is 0 Å². The fourth-order valence-electron chi connectivity index (χ4n) is 1.32. The predicted octanol–water partition coefficient (Wildman–Crippen LogP) is 0.615. The minimum absolute atomic E-state index is 0.116. The highest BCUT2D eigenvalue weighted by atomic mass is 16.6. The summed E-state index contributed by atoms with van der Waals surface area (Å²) >= 11 is 0. The van der Waals surface area contributed by atoms with Gasteiger partial charge in [-0.05, 0) is 6.42 Å². The van der Waals surface area contributed by atoms with Crippen LogP contribution in [0.5, 0.6) is 0 Å². The minimum Gasteiger partial charge on any atom is -0.396 e. The summed E-state index contributed by atoms with van der Waals surface area (Å²) in [6.07, 6.45) is 0.322. The third-order valence-corrected chi connectivity index (χ3v) is 2.21. The van der Waals surface area contributed by atoms with E-state index in [0.29, 0.717) is 6.42 Å². The second-order valence-electron chi connectivity index (χ2n) is 3.59. The SMILES string of the molecule is O=C(NCCCO)c1cc([N+](=O)[O-])cc([N+](=O)[O-])c1. The Balaban J connectivity index is 3.02. The number of rotatable bonds is 6. The van der Waals surface area contributed by atoms with Crippen LogP contribution in [0.15, 0.2) is 18.2 Å². The number of nitro benzene ring substituents is 2. The van der Waals surface area contributed by atoms with E-state index in [1.54, 1.807) is 0 Å². The summed E-state index contributed by atoms with van der Waals surface area (Å²) < 4.78 is 0. The summed E-state index contributed by atoms with van der Waals surface area (Å²) in [5, 5.41) is 32.2. The predicted molar refractivity (Wildman–Crippen MR) is 63.8 cm³/mol. The smallest absolute Gasteiger partial charge is 0.277 e. The maximum absolute atomic E-state index is 11.6. The van der Waals surface area contributed by atoms with Crippen molar-refractivity contribution in [3.63, 3.8) is 0 Å². The lowest BCUT2D eigenvalue weighted by Gasteiger charge is -2.04. The molecule has 0 fully saturated rings. The molecule has 1 rings (SSSR count). The highest BCUT2D eigenvalue weighted by molar-refractivity contribution is 5.95. The standard InChI is InChI=1S/C10H11N3O6/c14-3-1-2-11-10(15)7-4-8(12(16)17)6-9(5-7)13(18)19/h4-6,14H,1-3H2,(H,11,15). The van der Waals surface area contributed by atoms with Gasteiger partial charge in [0.15, 0.2) is 0 Å². The fraction of sp³-hybridized carbons (Fsp3) is 0.300. The van der Waals surface area contributed by atoms with Crippen LogP contribution in [0.4, 0.5) is 11.4 Å². The number of nitro groups is 2. The monoisotopic (exact) mass is 269 g/mol. The summed E-state index contributed by atoms with van der Waals surface area (Å²) in [4.78, 5) is 31.3. The van der Waals surface area contributed by atoms with Gasteiger partial charge in [-0.1, -0.05) is 0 Å². The van der Waals surface area contributed by atoms with E-state index in [4.69, 9.17) is 5.11 Å². The molecular weight excluding hydrogens is 258 g/mol. The first-order chi connectivity index (χ1) is 8.95. The van der Waals surface area contributed by atoms with Gasteiger partial charge in [-0.3, -0.25) is 25.0 Å². The molecule has 0 spiro atoms. The summed E-state index contributed by atoms with van der Waals surface area (Å²) in [5.74, 6) is -0.666. The molecule has 0 unspecified atom stereocenters. The largest absolute Gasteiger partial charge is 0.396 e. The Morgan fingerprint density at radius 2 is 1.68 bits per heavy atom. The van der Waals surface area contributed by atoms with Crippen LogP contribution in [0.25, 0.3) is 0 Å². The van der Waals surface area contributed by atoms with Crippen LogP contribution in [0.3, 0.4) is 0 Å². The molecule has 0 saturated carbocycles. The number of aliphatic hydroxyl groups excluding tert-OH is 1. The lowest BCUT2D eigenvalue weighted by Crippen LogP contribution is -2.25. The van der Waals surface area contributed by atoms with E-state index < -0.39 is 27.1 Å². The Morgan fingerprint density at radius 3 is 2.11 bits per heavy atom. The molecule has 0 aliphatic heterocycles. The van der Waals surface area contributed by atoms with Crippen LogP contribution in [0.1, 0.15) is 16.8 Å². The van der Waals surface area contributed by atoms with E-state index in [0.717, 1.165) is 18.2 Å². The fourth-order valence-corrected chi connectivity index (χ4v) is 1.32. The molecule has 1 amide bonds. The number of carbonyl (C=O) groups is 1. The molecule has 0 aliphatic rings. The number of hydrogen-bond donors (Lipinski definition) is 2. The van der Waals surface area contributed by atoms with Crippen LogP contribution in [-0.2, 0) is 0 Å². The quantitative estimate of drug-likeness (QED) is 0.441. The molecule has 19 heavy (non-hydrogen) atoms. The van der Waals surface area contributed by atoms with Crippen LogP contribution in [0, 0.1) is 20.2 Å². The second-order valence-corrected chi connectivity index (χ2v) is 3.59. The first-order valence-electron chi connectivity index (χ1n) is 5.28. The van der Waals surface area contributed by atoms with Crippen molar-refractivity contribution in [2.45, 2.75) is 6.42 Å². The van der Waals surface area contributed by atoms with Crippen LogP contribution in [-0.4, -0.2) is 34.0 Å². The van der Waals surface area contributed by atoms with Crippen molar-refractivity contribution in [1.29, 1.82) is 0 Å². The number of nitrogens with zero attached hydrogens (tertiary/aromatic N) is 2. The van der Waals surface area contributed by atoms with E-state index >= 15 is 0 Å². The molecule has 0 atom stereocenters. The summed E-state index contributed by atoms with van der Waals surface area (Å²) in [6, 6.07) is 2.70. The van der Waals surface area contributed by atoms with Crippen molar-refractivity contribution < 1.29 is 19.7 Å². The van der Waals surface area contributed by atoms with Gasteiger partial charge in [-0.2, -0.15) is 0 Å². The first kappa shape index (κ1) is 14.5. The van der Waals surface area contributed by atoms with Gasteiger partial charge in [-0.15, -0.1) is 0 Å². The molecule has 102 valence electrons. The summed E-state index contributed by atoms with van der Waals surface area (Å²) in [5.41, 5.74) is -1.22. The highest BCUT2D eigenvalue weighted by Crippen LogP contribution is 2.22. The van der Waals surface area contributed by atoms with Gasteiger partial charge < -0.3 is 10.4 Å².